The fraction of sp³-hybridized carbons (Fsp3) is 0.333. The van der Waals surface area contributed by atoms with Crippen LogP contribution in [-0.2, 0) is 14.3 Å². The summed E-state index contributed by atoms with van der Waals surface area (Å²) in [6, 6.07) is 22.9. The Kier molecular flexibility index (Phi) is 8.03. The SMILES string of the molecule is COCCOc1ccc(C(=O)Nc2ccc(-c3ccccc3)cc2)cc1NC(=O)C1(N2CCOCC2)CC1. The lowest BCUT2D eigenvalue weighted by Crippen LogP contribution is -2.51. The summed E-state index contributed by atoms with van der Waals surface area (Å²) >= 11 is 0. The van der Waals surface area contributed by atoms with Gasteiger partial charge < -0.3 is 24.8 Å². The molecule has 3 aromatic carbocycles. The van der Waals surface area contributed by atoms with E-state index in [9.17, 15) is 9.59 Å². The van der Waals surface area contributed by atoms with Crippen LogP contribution >= 0.6 is 0 Å². The van der Waals surface area contributed by atoms with Crippen molar-refractivity contribution in [3.05, 3.63) is 78.4 Å². The number of carbonyl (C=O) groups excluding carboxylic acids is 2. The van der Waals surface area contributed by atoms with Crippen LogP contribution in [-0.4, -0.2) is 68.9 Å². The lowest BCUT2D eigenvalue weighted by molar-refractivity contribution is -0.124. The van der Waals surface area contributed by atoms with Crippen LogP contribution in [0.3, 0.4) is 0 Å². The van der Waals surface area contributed by atoms with E-state index < -0.39 is 5.54 Å². The van der Waals surface area contributed by atoms with Crippen molar-refractivity contribution in [2.75, 3.05) is 57.3 Å². The smallest absolute Gasteiger partial charge is 0.255 e. The highest BCUT2D eigenvalue weighted by Crippen LogP contribution is 2.43. The summed E-state index contributed by atoms with van der Waals surface area (Å²) in [4.78, 5) is 28.8. The number of hydrogen-bond donors (Lipinski definition) is 2. The number of hydrogen-bond acceptors (Lipinski definition) is 6. The van der Waals surface area contributed by atoms with E-state index in [1.165, 1.54) is 0 Å². The first kappa shape index (κ1) is 25.9. The van der Waals surface area contributed by atoms with Crippen LogP contribution in [0.4, 0.5) is 11.4 Å². The maximum Gasteiger partial charge on any atom is 0.255 e. The van der Waals surface area contributed by atoms with E-state index in [0.717, 1.165) is 37.1 Å². The van der Waals surface area contributed by atoms with Crippen molar-refractivity contribution in [3.8, 4) is 16.9 Å². The second kappa shape index (κ2) is 11.8. The molecule has 0 spiro atoms. The van der Waals surface area contributed by atoms with Gasteiger partial charge in [-0.2, -0.15) is 0 Å². The minimum absolute atomic E-state index is 0.0787. The van der Waals surface area contributed by atoms with E-state index in [-0.39, 0.29) is 11.8 Å². The van der Waals surface area contributed by atoms with Crippen molar-refractivity contribution in [2.45, 2.75) is 18.4 Å². The number of anilines is 2. The predicted octanol–water partition coefficient (Wildman–Crippen LogP) is 4.43. The third-order valence-electron chi connectivity index (χ3n) is 7.05. The molecule has 2 amide bonds. The second-order valence-electron chi connectivity index (χ2n) is 9.53. The van der Waals surface area contributed by atoms with E-state index in [1.807, 2.05) is 54.6 Å². The normalized spacial score (nSPS) is 16.4. The van der Waals surface area contributed by atoms with Crippen molar-refractivity contribution < 1.29 is 23.8 Å². The van der Waals surface area contributed by atoms with Gasteiger partial charge in [0.2, 0.25) is 5.91 Å². The van der Waals surface area contributed by atoms with Crippen LogP contribution in [0.25, 0.3) is 11.1 Å². The fourth-order valence-electron chi connectivity index (χ4n) is 4.74. The van der Waals surface area contributed by atoms with E-state index in [4.69, 9.17) is 14.2 Å². The molecule has 0 radical (unpaired) electrons. The zero-order chi connectivity index (χ0) is 26.4. The number of rotatable bonds is 10. The molecule has 1 saturated carbocycles. The molecule has 2 fully saturated rings. The molecule has 1 aliphatic carbocycles. The number of benzene rings is 3. The van der Waals surface area contributed by atoms with Crippen molar-refractivity contribution >= 4 is 23.2 Å². The van der Waals surface area contributed by atoms with E-state index in [0.29, 0.717) is 49.1 Å². The molecule has 1 aliphatic heterocycles. The Morgan fingerprint density at radius 2 is 1.61 bits per heavy atom. The third kappa shape index (κ3) is 5.88. The van der Waals surface area contributed by atoms with Gasteiger partial charge in [-0.05, 0) is 54.3 Å². The summed E-state index contributed by atoms with van der Waals surface area (Å²) in [5, 5.41) is 6.00. The van der Waals surface area contributed by atoms with Gasteiger partial charge in [0.15, 0.2) is 0 Å². The standard InChI is InChI=1S/C30H33N3O5/c1-36-19-20-38-27-12-9-24(21-26(27)32-29(35)30(13-14-30)33-15-17-37-18-16-33)28(34)31-25-10-7-23(8-11-25)22-5-3-2-4-6-22/h2-12,21H,13-20H2,1H3,(H,31,34)(H,32,35). The van der Waals surface area contributed by atoms with Crippen LogP contribution in [0.5, 0.6) is 5.75 Å². The monoisotopic (exact) mass is 515 g/mol. The van der Waals surface area contributed by atoms with Crippen molar-refractivity contribution in [1.82, 2.24) is 4.90 Å². The number of nitrogens with one attached hydrogen (secondary N) is 2. The Hall–Kier alpha value is -3.72. The highest BCUT2D eigenvalue weighted by molar-refractivity contribution is 6.07. The molecule has 0 aromatic heterocycles. The summed E-state index contributed by atoms with van der Waals surface area (Å²) in [6.07, 6.45) is 1.61. The molecule has 8 nitrogen and oxygen atoms in total. The summed E-state index contributed by atoms with van der Waals surface area (Å²) in [6.45, 7) is 3.45. The van der Waals surface area contributed by atoms with Gasteiger partial charge in [-0.15, -0.1) is 0 Å². The van der Waals surface area contributed by atoms with E-state index in [1.54, 1.807) is 25.3 Å². The number of morpholine rings is 1. The van der Waals surface area contributed by atoms with Crippen LogP contribution in [0.2, 0.25) is 0 Å². The van der Waals surface area contributed by atoms with Crippen molar-refractivity contribution in [3.63, 3.8) is 0 Å². The van der Waals surface area contributed by atoms with Gasteiger partial charge in [-0.25, -0.2) is 0 Å². The molecule has 8 heteroatoms. The lowest BCUT2D eigenvalue weighted by atomic mass is 10.1. The molecule has 0 unspecified atom stereocenters. The van der Waals surface area contributed by atoms with Crippen LogP contribution in [0, 0.1) is 0 Å². The molecule has 2 aliphatic rings. The summed E-state index contributed by atoms with van der Waals surface area (Å²) in [7, 11) is 1.60. The summed E-state index contributed by atoms with van der Waals surface area (Å²) < 4.78 is 16.4. The van der Waals surface area contributed by atoms with Crippen molar-refractivity contribution in [1.29, 1.82) is 0 Å². The number of nitrogens with zero attached hydrogens (tertiary/aromatic N) is 1. The Bertz CT molecular complexity index is 1250. The zero-order valence-electron chi connectivity index (χ0n) is 21.6. The first-order valence-electron chi connectivity index (χ1n) is 13.0. The zero-order valence-corrected chi connectivity index (χ0v) is 21.6. The van der Waals surface area contributed by atoms with Crippen molar-refractivity contribution in [2.24, 2.45) is 0 Å². The quantitative estimate of drug-likeness (QED) is 0.388. The van der Waals surface area contributed by atoms with Crippen LogP contribution in [0.15, 0.2) is 72.8 Å². The van der Waals surface area contributed by atoms with Gasteiger partial charge in [0, 0.05) is 31.5 Å². The van der Waals surface area contributed by atoms with Gasteiger partial charge in [0.05, 0.1) is 25.5 Å². The van der Waals surface area contributed by atoms with Crippen LogP contribution < -0.4 is 15.4 Å². The van der Waals surface area contributed by atoms with Gasteiger partial charge >= 0.3 is 0 Å². The first-order valence-corrected chi connectivity index (χ1v) is 13.0. The lowest BCUT2D eigenvalue weighted by Gasteiger charge is -2.34. The number of amides is 2. The fourth-order valence-corrected chi connectivity index (χ4v) is 4.74. The average molecular weight is 516 g/mol. The Morgan fingerprint density at radius 1 is 0.895 bits per heavy atom. The molecule has 0 bridgehead atoms. The third-order valence-corrected chi connectivity index (χ3v) is 7.05. The van der Waals surface area contributed by atoms with Crippen LogP contribution in [0.1, 0.15) is 23.2 Å². The Balaban J connectivity index is 1.31. The molecule has 3 aromatic rings. The molecule has 1 heterocycles. The average Bonchev–Trinajstić information content (AvgIpc) is 3.78. The minimum Gasteiger partial charge on any atom is -0.489 e. The molecule has 5 rings (SSSR count). The minimum atomic E-state index is -0.521. The van der Waals surface area contributed by atoms with Gasteiger partial charge in [-0.1, -0.05) is 42.5 Å². The molecular formula is C30H33N3O5. The maximum atomic E-state index is 13.4. The van der Waals surface area contributed by atoms with Gasteiger partial charge in [-0.3, -0.25) is 14.5 Å². The molecule has 38 heavy (non-hydrogen) atoms. The summed E-state index contributed by atoms with van der Waals surface area (Å²) in [5.41, 5.74) is 3.23. The van der Waals surface area contributed by atoms with Gasteiger partial charge in [0.1, 0.15) is 17.9 Å². The number of ether oxygens (including phenoxy) is 3. The highest BCUT2D eigenvalue weighted by Gasteiger charge is 2.54. The van der Waals surface area contributed by atoms with E-state index >= 15 is 0 Å². The molecule has 1 saturated heterocycles. The Morgan fingerprint density at radius 3 is 2.29 bits per heavy atom. The first-order chi connectivity index (χ1) is 18.6. The molecular weight excluding hydrogens is 482 g/mol. The number of carbonyl (C=O) groups is 2. The molecule has 0 atom stereocenters. The van der Waals surface area contributed by atoms with Gasteiger partial charge in [0.25, 0.3) is 5.91 Å². The second-order valence-corrected chi connectivity index (χ2v) is 9.53. The molecule has 198 valence electrons. The topological polar surface area (TPSA) is 89.1 Å². The summed E-state index contributed by atoms with van der Waals surface area (Å²) in [5.74, 6) is 0.146. The molecule has 2 N–H and O–H groups in total. The largest absolute Gasteiger partial charge is 0.489 e. The highest BCUT2D eigenvalue weighted by atomic mass is 16.5. The predicted molar refractivity (Wildman–Crippen MR) is 147 cm³/mol. The Labute approximate surface area is 222 Å². The number of methoxy groups -OCH3 is 1. The maximum absolute atomic E-state index is 13.4. The van der Waals surface area contributed by atoms with E-state index in [2.05, 4.69) is 15.5 Å².